The maximum atomic E-state index is 9.13. The van der Waals surface area contributed by atoms with Crippen molar-refractivity contribution >= 4 is 0 Å². The number of aliphatic hydroxyl groups is 1. The largest absolute Gasteiger partial charge is 0.392 e. The van der Waals surface area contributed by atoms with E-state index in [4.69, 9.17) is 5.11 Å². The van der Waals surface area contributed by atoms with Gasteiger partial charge in [0.15, 0.2) is 0 Å². The number of piperidine rings is 1. The molecular weight excluding hydrogens is 126 g/mol. The topological polar surface area (TPSA) is 32.3 Å². The van der Waals surface area contributed by atoms with Gasteiger partial charge in [-0.2, -0.15) is 0 Å². The molecule has 2 atom stereocenters. The first-order valence-corrected chi connectivity index (χ1v) is 4.24. The lowest BCUT2D eigenvalue weighted by Crippen LogP contribution is -2.41. The number of β-amino-alcohol motifs (C(OH)–C–C–N with tert-alkyl or cyclic N) is 1. The summed E-state index contributed by atoms with van der Waals surface area (Å²) >= 11 is 0. The fraction of sp³-hybridized carbons (Fsp3) is 1.00. The summed E-state index contributed by atoms with van der Waals surface area (Å²) in [6.07, 6.45) is 4.54. The predicted molar refractivity (Wildman–Crippen MR) is 41.9 cm³/mol. The zero-order valence-electron chi connectivity index (χ0n) is 6.64. The van der Waals surface area contributed by atoms with Gasteiger partial charge in [-0.15, -0.1) is 0 Å². The average Bonchev–Trinajstić information content (AvgIpc) is 1.95. The van der Waals surface area contributed by atoms with Crippen LogP contribution in [-0.4, -0.2) is 23.8 Å². The minimum atomic E-state index is -0.0897. The fourth-order valence-corrected chi connectivity index (χ4v) is 1.50. The maximum absolute atomic E-state index is 9.13. The van der Waals surface area contributed by atoms with Crippen LogP contribution in [-0.2, 0) is 0 Å². The Labute approximate surface area is 62.6 Å². The zero-order valence-corrected chi connectivity index (χ0v) is 6.64. The lowest BCUT2D eigenvalue weighted by Gasteiger charge is -2.26. The van der Waals surface area contributed by atoms with Gasteiger partial charge in [-0.3, -0.25) is 0 Å². The minimum absolute atomic E-state index is 0.0897. The van der Waals surface area contributed by atoms with Crippen LogP contribution in [0.25, 0.3) is 0 Å². The molecule has 2 nitrogen and oxygen atoms in total. The maximum Gasteiger partial charge on any atom is 0.0665 e. The quantitative estimate of drug-likeness (QED) is 0.602. The Morgan fingerprint density at radius 3 is 2.80 bits per heavy atom. The van der Waals surface area contributed by atoms with Crippen LogP contribution in [0, 0.1) is 0 Å². The van der Waals surface area contributed by atoms with E-state index in [1.165, 1.54) is 12.8 Å². The molecule has 0 aliphatic carbocycles. The van der Waals surface area contributed by atoms with E-state index in [1.807, 2.05) is 0 Å². The van der Waals surface area contributed by atoms with E-state index in [2.05, 4.69) is 12.2 Å². The Balaban J connectivity index is 2.13. The lowest BCUT2D eigenvalue weighted by atomic mass is 9.99. The number of hydrogen-bond donors (Lipinski definition) is 2. The summed E-state index contributed by atoms with van der Waals surface area (Å²) in [5, 5.41) is 12.5. The van der Waals surface area contributed by atoms with Crippen molar-refractivity contribution < 1.29 is 5.11 Å². The molecule has 1 fully saturated rings. The summed E-state index contributed by atoms with van der Waals surface area (Å²) in [7, 11) is 0. The Morgan fingerprint density at radius 1 is 1.50 bits per heavy atom. The summed E-state index contributed by atoms with van der Waals surface area (Å²) in [5.74, 6) is 0. The van der Waals surface area contributed by atoms with Gasteiger partial charge >= 0.3 is 0 Å². The number of aliphatic hydroxyl groups excluding tert-OH is 1. The van der Waals surface area contributed by atoms with E-state index in [9.17, 15) is 0 Å². The van der Waals surface area contributed by atoms with Crippen molar-refractivity contribution in [3.05, 3.63) is 0 Å². The van der Waals surface area contributed by atoms with Gasteiger partial charge in [0.25, 0.3) is 0 Å². The van der Waals surface area contributed by atoms with Gasteiger partial charge in [0.05, 0.1) is 6.10 Å². The van der Waals surface area contributed by atoms with Crippen molar-refractivity contribution in [1.82, 2.24) is 5.32 Å². The van der Waals surface area contributed by atoms with Crippen LogP contribution >= 0.6 is 0 Å². The highest BCUT2D eigenvalue weighted by molar-refractivity contribution is 4.76. The number of nitrogens with one attached hydrogen (secondary N) is 1. The second kappa shape index (κ2) is 3.94. The third-order valence-electron chi connectivity index (χ3n) is 2.13. The van der Waals surface area contributed by atoms with Crippen molar-refractivity contribution in [2.24, 2.45) is 0 Å². The van der Waals surface area contributed by atoms with Crippen molar-refractivity contribution in [1.29, 1.82) is 0 Å². The van der Waals surface area contributed by atoms with Crippen LogP contribution in [0.5, 0.6) is 0 Å². The van der Waals surface area contributed by atoms with Gasteiger partial charge in [-0.25, -0.2) is 0 Å². The molecule has 0 bridgehead atoms. The van der Waals surface area contributed by atoms with E-state index in [-0.39, 0.29) is 6.10 Å². The zero-order chi connectivity index (χ0) is 7.40. The molecule has 0 amide bonds. The summed E-state index contributed by atoms with van der Waals surface area (Å²) in [6.45, 7) is 3.00. The molecule has 1 aliphatic heterocycles. The lowest BCUT2D eigenvalue weighted by molar-refractivity contribution is 0.124. The molecule has 2 heteroatoms. The second-order valence-corrected chi connectivity index (χ2v) is 3.13. The average molecular weight is 143 g/mol. The van der Waals surface area contributed by atoms with E-state index in [0.29, 0.717) is 6.04 Å². The smallest absolute Gasteiger partial charge is 0.0665 e. The van der Waals surface area contributed by atoms with Crippen LogP contribution in [0.1, 0.15) is 32.6 Å². The molecule has 10 heavy (non-hydrogen) atoms. The first-order valence-electron chi connectivity index (χ1n) is 4.24. The van der Waals surface area contributed by atoms with E-state index in [0.717, 1.165) is 19.4 Å². The summed E-state index contributed by atoms with van der Waals surface area (Å²) in [6, 6.07) is 0.674. The van der Waals surface area contributed by atoms with Crippen molar-refractivity contribution in [3.8, 4) is 0 Å². The Hall–Kier alpha value is -0.0800. The molecule has 1 heterocycles. The van der Waals surface area contributed by atoms with Crippen molar-refractivity contribution in [2.45, 2.75) is 44.8 Å². The fourth-order valence-electron chi connectivity index (χ4n) is 1.50. The molecular formula is C8H17NO. The van der Waals surface area contributed by atoms with Gasteiger partial charge < -0.3 is 10.4 Å². The summed E-state index contributed by atoms with van der Waals surface area (Å²) < 4.78 is 0. The summed E-state index contributed by atoms with van der Waals surface area (Å²) in [4.78, 5) is 0. The monoisotopic (exact) mass is 143 g/mol. The second-order valence-electron chi connectivity index (χ2n) is 3.13. The van der Waals surface area contributed by atoms with Crippen LogP contribution in [0.4, 0.5) is 0 Å². The SMILES string of the molecule is CCC[C@@H]1CC[C@H](O)CN1. The van der Waals surface area contributed by atoms with Gasteiger partial charge in [0.1, 0.15) is 0 Å². The van der Waals surface area contributed by atoms with Crippen LogP contribution < -0.4 is 5.32 Å². The van der Waals surface area contributed by atoms with Crippen LogP contribution in [0.15, 0.2) is 0 Å². The van der Waals surface area contributed by atoms with Crippen molar-refractivity contribution in [2.75, 3.05) is 6.54 Å². The van der Waals surface area contributed by atoms with Crippen LogP contribution in [0.2, 0.25) is 0 Å². The minimum Gasteiger partial charge on any atom is -0.392 e. The normalized spacial score (nSPS) is 34.2. The van der Waals surface area contributed by atoms with Gasteiger partial charge in [0, 0.05) is 12.6 Å². The Bertz CT molecular complexity index is 87.3. The third-order valence-corrected chi connectivity index (χ3v) is 2.13. The number of rotatable bonds is 2. The predicted octanol–water partition coefficient (Wildman–Crippen LogP) is 0.899. The van der Waals surface area contributed by atoms with E-state index in [1.54, 1.807) is 0 Å². The van der Waals surface area contributed by atoms with Gasteiger partial charge in [-0.1, -0.05) is 13.3 Å². The molecule has 0 unspecified atom stereocenters. The van der Waals surface area contributed by atoms with Gasteiger partial charge in [-0.05, 0) is 19.3 Å². The standard InChI is InChI=1S/C8H17NO/c1-2-3-7-4-5-8(10)6-9-7/h7-10H,2-6H2,1H3/t7-,8+/m1/s1. The number of hydrogen-bond acceptors (Lipinski definition) is 2. The Kier molecular flexibility index (Phi) is 3.16. The molecule has 0 aromatic carbocycles. The molecule has 60 valence electrons. The third kappa shape index (κ3) is 2.27. The molecule has 0 spiro atoms. The Morgan fingerprint density at radius 2 is 2.30 bits per heavy atom. The molecule has 1 rings (SSSR count). The summed E-state index contributed by atoms with van der Waals surface area (Å²) in [5.41, 5.74) is 0. The molecule has 2 N–H and O–H groups in total. The van der Waals surface area contributed by atoms with E-state index >= 15 is 0 Å². The molecule has 0 radical (unpaired) electrons. The molecule has 1 saturated heterocycles. The highest BCUT2D eigenvalue weighted by Gasteiger charge is 2.16. The highest BCUT2D eigenvalue weighted by atomic mass is 16.3. The molecule has 0 aromatic rings. The highest BCUT2D eigenvalue weighted by Crippen LogP contribution is 2.11. The first-order chi connectivity index (χ1) is 4.83. The molecule has 0 saturated carbocycles. The first kappa shape index (κ1) is 8.02. The van der Waals surface area contributed by atoms with Gasteiger partial charge in [0.2, 0.25) is 0 Å². The van der Waals surface area contributed by atoms with E-state index < -0.39 is 0 Å². The molecule has 1 aliphatic rings. The van der Waals surface area contributed by atoms with Crippen molar-refractivity contribution in [3.63, 3.8) is 0 Å². The molecule has 0 aromatic heterocycles. The van der Waals surface area contributed by atoms with Crippen LogP contribution in [0.3, 0.4) is 0 Å².